The average Bonchev–Trinajstić information content (AvgIpc) is 4.07. The SMILES string of the molecule is Brc1nccs1.CCOC(=O)N1CCC2(CC(N3CCC([C@@H]4CCCN4)CC3)C2)C1.CCOC(=O)N1CCC2(CC(N3CCC([C@@H]4CCCN4c4nccs4)CC3)C2)C1.Cl. The van der Waals surface area contributed by atoms with E-state index in [4.69, 9.17) is 9.47 Å². The Hall–Kier alpha value is -1.75. The number of ether oxygens (including phenoxy) is 2. The van der Waals surface area contributed by atoms with Gasteiger partial charge in [0, 0.05) is 80.0 Å². The molecule has 10 rings (SSSR count). The number of nitrogens with one attached hydrogen (secondary N) is 1. The molecule has 2 aromatic heterocycles. The summed E-state index contributed by atoms with van der Waals surface area (Å²) in [4.78, 5) is 44.3. The first kappa shape index (κ1) is 46.2. The zero-order chi connectivity index (χ0) is 40.8. The number of carbonyl (C=O) groups is 2. The van der Waals surface area contributed by atoms with Crippen LogP contribution < -0.4 is 10.2 Å². The van der Waals surface area contributed by atoms with Gasteiger partial charge in [-0.2, -0.15) is 0 Å². The molecular weight excluding hydrogens is 884 g/mol. The number of halogens is 2. The predicted molar refractivity (Wildman–Crippen MR) is 246 cm³/mol. The molecule has 6 aliphatic heterocycles. The molecule has 2 atom stereocenters. The van der Waals surface area contributed by atoms with Gasteiger partial charge in [0.1, 0.15) is 0 Å². The highest BCUT2D eigenvalue weighted by molar-refractivity contribution is 9.11. The van der Waals surface area contributed by atoms with Gasteiger partial charge in [0.25, 0.3) is 0 Å². The van der Waals surface area contributed by atoms with Gasteiger partial charge < -0.3 is 39.3 Å². The standard InChI is InChI=1S/C22H34N4O2S.C19H33N3O2.C3H2BrNS.ClH/c1-2-28-21(27)25-12-7-22(16-25)14-18(15-22)24-10-5-17(6-11-24)19-4-3-9-26(19)20-23-8-13-29-20;1-2-24-18(23)22-11-7-19(14-22)12-16(13-19)21-9-5-15(6-10-21)17-4-3-8-20-17;4-3-5-1-2-6-3;/h8,13,17-19H,2-7,9-12,14-16H2,1H3;15-17,20H,2-14H2,1H3;1-2H;1H/t18?,19-,22?;16?,17-,19?;;/m00../s1. The van der Waals surface area contributed by atoms with Crippen molar-refractivity contribution in [3.05, 3.63) is 27.1 Å². The third kappa shape index (κ3) is 10.9. The van der Waals surface area contributed by atoms with Crippen LogP contribution in [0.3, 0.4) is 0 Å². The second-order valence-corrected chi connectivity index (χ2v) is 21.9. The zero-order valence-electron chi connectivity index (χ0n) is 36.0. The molecule has 12 nitrogen and oxygen atoms in total. The van der Waals surface area contributed by atoms with Crippen molar-refractivity contribution in [2.75, 3.05) is 83.6 Å². The topological polar surface area (TPSA) is 107 Å². The van der Waals surface area contributed by atoms with E-state index in [2.05, 4.69) is 51.3 Å². The van der Waals surface area contributed by atoms with Crippen LogP contribution in [0, 0.1) is 22.7 Å². The van der Waals surface area contributed by atoms with E-state index in [1.807, 2.05) is 35.2 Å². The molecule has 2 saturated carbocycles. The minimum Gasteiger partial charge on any atom is -0.450 e. The molecule has 16 heteroatoms. The molecule has 0 bridgehead atoms. The first-order chi connectivity index (χ1) is 28.8. The zero-order valence-corrected chi connectivity index (χ0v) is 40.1. The fraction of sp³-hybridized carbons (Fsp3) is 0.818. The Labute approximate surface area is 381 Å². The Morgan fingerprint density at radius 1 is 0.733 bits per heavy atom. The summed E-state index contributed by atoms with van der Waals surface area (Å²) in [6.07, 6.45) is 21.7. The lowest BCUT2D eigenvalue weighted by atomic mass is 9.64. The molecule has 8 heterocycles. The van der Waals surface area contributed by atoms with Crippen LogP contribution in [-0.4, -0.2) is 145 Å². The van der Waals surface area contributed by atoms with Crippen LogP contribution in [0.15, 0.2) is 27.1 Å². The number of piperidine rings is 2. The third-order valence-electron chi connectivity index (χ3n) is 15.4. The lowest BCUT2D eigenvalue weighted by molar-refractivity contribution is -0.0116. The van der Waals surface area contributed by atoms with Crippen LogP contribution >= 0.6 is 51.0 Å². The van der Waals surface area contributed by atoms with Crippen molar-refractivity contribution < 1.29 is 19.1 Å². The van der Waals surface area contributed by atoms with Crippen molar-refractivity contribution in [3.8, 4) is 0 Å². The summed E-state index contributed by atoms with van der Waals surface area (Å²) >= 11 is 6.56. The number of carbonyl (C=O) groups excluding carboxylic acids is 2. The molecule has 2 aliphatic carbocycles. The maximum Gasteiger partial charge on any atom is 0.409 e. The highest BCUT2D eigenvalue weighted by atomic mass is 79.9. The largest absolute Gasteiger partial charge is 0.450 e. The molecule has 1 N–H and O–H groups in total. The van der Waals surface area contributed by atoms with E-state index in [0.29, 0.717) is 30.1 Å². The molecule has 0 aromatic carbocycles. The fourth-order valence-corrected chi connectivity index (χ4v) is 13.8. The minimum absolute atomic E-state index is 0. The third-order valence-corrected chi connectivity index (χ3v) is 17.5. The Kier molecular flexibility index (Phi) is 16.4. The van der Waals surface area contributed by atoms with E-state index >= 15 is 0 Å². The van der Waals surface area contributed by atoms with E-state index in [0.717, 1.165) is 66.5 Å². The Morgan fingerprint density at radius 3 is 1.73 bits per heavy atom. The summed E-state index contributed by atoms with van der Waals surface area (Å²) in [7, 11) is 0. The smallest absolute Gasteiger partial charge is 0.409 e. The number of likely N-dealkylation sites (tertiary alicyclic amines) is 4. The van der Waals surface area contributed by atoms with Crippen molar-refractivity contribution in [1.29, 1.82) is 0 Å². The van der Waals surface area contributed by atoms with Gasteiger partial charge in [-0.25, -0.2) is 19.6 Å². The molecule has 336 valence electrons. The lowest BCUT2D eigenvalue weighted by Gasteiger charge is -2.52. The van der Waals surface area contributed by atoms with Crippen LogP contribution in [0.4, 0.5) is 14.7 Å². The first-order valence-corrected chi connectivity index (χ1v) is 25.6. The van der Waals surface area contributed by atoms with E-state index in [-0.39, 0.29) is 24.6 Å². The number of amides is 2. The van der Waals surface area contributed by atoms with E-state index < -0.39 is 0 Å². The van der Waals surface area contributed by atoms with Gasteiger partial charge in [0.2, 0.25) is 0 Å². The quantitative estimate of drug-likeness (QED) is 0.290. The summed E-state index contributed by atoms with van der Waals surface area (Å²) < 4.78 is 11.3. The van der Waals surface area contributed by atoms with Crippen LogP contribution in [-0.2, 0) is 9.47 Å². The lowest BCUT2D eigenvalue weighted by Crippen LogP contribution is -2.55. The molecular formula is C44H70BrClN8O4S2. The maximum absolute atomic E-state index is 12.0. The molecule has 0 radical (unpaired) electrons. The molecule has 8 fully saturated rings. The summed E-state index contributed by atoms with van der Waals surface area (Å²) in [6.45, 7) is 15.8. The number of thiazole rings is 2. The summed E-state index contributed by atoms with van der Waals surface area (Å²) in [6, 6.07) is 3.00. The maximum atomic E-state index is 12.0. The monoisotopic (exact) mass is 952 g/mol. The molecule has 0 unspecified atom stereocenters. The number of aromatic nitrogens is 2. The van der Waals surface area contributed by atoms with Crippen LogP contribution in [0.1, 0.15) is 104 Å². The highest BCUT2D eigenvalue weighted by Gasteiger charge is 2.53. The van der Waals surface area contributed by atoms with Crippen LogP contribution in [0.25, 0.3) is 0 Å². The van der Waals surface area contributed by atoms with Gasteiger partial charge in [-0.05, 0) is 175 Å². The number of hydrogen-bond acceptors (Lipinski definition) is 12. The second-order valence-electron chi connectivity index (χ2n) is 18.8. The molecule has 2 spiro atoms. The number of hydrogen-bond donors (Lipinski definition) is 1. The van der Waals surface area contributed by atoms with Crippen molar-refractivity contribution in [1.82, 2.24) is 34.9 Å². The average molecular weight is 955 g/mol. The van der Waals surface area contributed by atoms with Crippen molar-refractivity contribution in [2.24, 2.45) is 22.7 Å². The van der Waals surface area contributed by atoms with E-state index in [1.54, 1.807) is 28.9 Å². The normalized spacial score (nSPS) is 32.1. The molecule has 2 amide bonds. The summed E-state index contributed by atoms with van der Waals surface area (Å²) in [5.41, 5.74) is 0.780. The minimum atomic E-state index is -0.116. The van der Waals surface area contributed by atoms with Crippen molar-refractivity contribution in [2.45, 2.75) is 128 Å². The van der Waals surface area contributed by atoms with Gasteiger partial charge in [-0.15, -0.1) is 35.1 Å². The van der Waals surface area contributed by atoms with Crippen molar-refractivity contribution >= 4 is 68.3 Å². The van der Waals surface area contributed by atoms with Gasteiger partial charge >= 0.3 is 12.2 Å². The molecule has 6 saturated heterocycles. The summed E-state index contributed by atoms with van der Waals surface area (Å²) in [5, 5.41) is 8.94. The predicted octanol–water partition coefficient (Wildman–Crippen LogP) is 8.62. The first-order valence-electron chi connectivity index (χ1n) is 23.0. The number of anilines is 1. The van der Waals surface area contributed by atoms with E-state index in [1.165, 1.54) is 128 Å². The Balaban J connectivity index is 0.000000159. The van der Waals surface area contributed by atoms with Gasteiger partial charge in [-0.3, -0.25) is 0 Å². The van der Waals surface area contributed by atoms with Gasteiger partial charge in [0.15, 0.2) is 9.05 Å². The molecule has 60 heavy (non-hydrogen) atoms. The Bertz CT molecular complexity index is 1610. The number of rotatable bonds is 7. The van der Waals surface area contributed by atoms with Gasteiger partial charge in [0.05, 0.1) is 13.2 Å². The molecule has 2 aromatic rings. The van der Waals surface area contributed by atoms with Crippen molar-refractivity contribution in [3.63, 3.8) is 0 Å². The molecule has 8 aliphatic rings. The van der Waals surface area contributed by atoms with Gasteiger partial charge in [-0.1, -0.05) is 0 Å². The Morgan fingerprint density at radius 2 is 1.28 bits per heavy atom. The number of nitrogens with zero attached hydrogens (tertiary/aromatic N) is 7. The summed E-state index contributed by atoms with van der Waals surface area (Å²) in [5.74, 6) is 1.72. The van der Waals surface area contributed by atoms with Crippen LogP contribution in [0.2, 0.25) is 0 Å². The van der Waals surface area contributed by atoms with Crippen LogP contribution in [0.5, 0.6) is 0 Å². The fourth-order valence-electron chi connectivity index (χ4n) is 12.2. The second kappa shape index (κ2) is 21.3. The highest BCUT2D eigenvalue weighted by Crippen LogP contribution is 2.52. The van der Waals surface area contributed by atoms with E-state index in [9.17, 15) is 9.59 Å².